The van der Waals surface area contributed by atoms with Gasteiger partial charge < -0.3 is 15.1 Å². The highest BCUT2D eigenvalue weighted by Gasteiger charge is 2.39. The minimum atomic E-state index is -1.08. The summed E-state index contributed by atoms with van der Waals surface area (Å²) in [4.78, 5) is 24.8. The number of aryl methyl sites for hydroxylation is 1. The first-order valence-electron chi connectivity index (χ1n) is 5.88. The standard InChI is InChI=1S/C13H14INO4/c1-7-3-2-4-9(11(7)14)12(17)15-6-8(16)5-10(15)13(18)19/h2-4,8,10,16H,5-6H2,1H3,(H,18,19)/t8?,10-/m0/s1. The van der Waals surface area contributed by atoms with Crippen molar-refractivity contribution in [2.75, 3.05) is 6.54 Å². The van der Waals surface area contributed by atoms with E-state index in [9.17, 15) is 14.7 Å². The summed E-state index contributed by atoms with van der Waals surface area (Å²) in [6.45, 7) is 1.96. The number of benzene rings is 1. The molecule has 0 spiro atoms. The van der Waals surface area contributed by atoms with Crippen molar-refractivity contribution in [3.8, 4) is 0 Å². The number of hydrogen-bond acceptors (Lipinski definition) is 3. The predicted octanol–water partition coefficient (Wildman–Crippen LogP) is 1.26. The second-order valence-electron chi connectivity index (χ2n) is 4.64. The number of likely N-dealkylation sites (tertiary alicyclic amines) is 1. The predicted molar refractivity (Wildman–Crippen MR) is 77.0 cm³/mol. The summed E-state index contributed by atoms with van der Waals surface area (Å²) in [6, 6.07) is 4.40. The van der Waals surface area contributed by atoms with Gasteiger partial charge >= 0.3 is 5.97 Å². The van der Waals surface area contributed by atoms with Crippen molar-refractivity contribution in [2.45, 2.75) is 25.5 Å². The van der Waals surface area contributed by atoms with Gasteiger partial charge in [0.1, 0.15) is 6.04 Å². The van der Waals surface area contributed by atoms with E-state index in [0.29, 0.717) is 5.56 Å². The number of carboxylic acid groups (broad SMARTS) is 1. The van der Waals surface area contributed by atoms with E-state index in [1.54, 1.807) is 12.1 Å². The molecule has 1 unspecified atom stereocenters. The molecule has 1 heterocycles. The minimum Gasteiger partial charge on any atom is -0.480 e. The van der Waals surface area contributed by atoms with Crippen molar-refractivity contribution < 1.29 is 19.8 Å². The van der Waals surface area contributed by atoms with Gasteiger partial charge in [-0.3, -0.25) is 4.79 Å². The Morgan fingerprint density at radius 2 is 2.11 bits per heavy atom. The first-order chi connectivity index (χ1) is 8.91. The Kier molecular flexibility index (Phi) is 4.10. The molecule has 0 bridgehead atoms. The third kappa shape index (κ3) is 2.74. The highest BCUT2D eigenvalue weighted by molar-refractivity contribution is 14.1. The summed E-state index contributed by atoms with van der Waals surface area (Å²) in [5.74, 6) is -1.41. The molecule has 1 amide bonds. The molecule has 19 heavy (non-hydrogen) atoms. The summed E-state index contributed by atoms with van der Waals surface area (Å²) in [5.41, 5.74) is 1.46. The lowest BCUT2D eigenvalue weighted by molar-refractivity contribution is -0.141. The SMILES string of the molecule is Cc1cccc(C(=O)N2CC(O)C[C@H]2C(=O)O)c1I. The van der Waals surface area contributed by atoms with E-state index in [4.69, 9.17) is 5.11 Å². The fourth-order valence-electron chi connectivity index (χ4n) is 2.24. The Morgan fingerprint density at radius 1 is 1.42 bits per heavy atom. The van der Waals surface area contributed by atoms with Crippen LogP contribution < -0.4 is 0 Å². The molecule has 1 aromatic carbocycles. The summed E-state index contributed by atoms with van der Waals surface area (Å²) in [6.07, 6.45) is -0.684. The fraction of sp³-hybridized carbons (Fsp3) is 0.385. The van der Waals surface area contributed by atoms with Crippen LogP contribution in [0.3, 0.4) is 0 Å². The third-order valence-corrected chi connectivity index (χ3v) is 4.68. The maximum atomic E-state index is 12.4. The van der Waals surface area contributed by atoms with E-state index >= 15 is 0 Å². The van der Waals surface area contributed by atoms with Gasteiger partial charge in [-0.15, -0.1) is 0 Å². The number of hydrogen-bond donors (Lipinski definition) is 2. The van der Waals surface area contributed by atoms with Crippen molar-refractivity contribution in [1.82, 2.24) is 4.90 Å². The number of β-amino-alcohol motifs (C(OH)–C–C–N with tert-alkyl or cyclic N) is 1. The number of carbonyl (C=O) groups is 2. The Labute approximate surface area is 124 Å². The number of carboxylic acids is 1. The zero-order valence-corrected chi connectivity index (χ0v) is 12.5. The number of nitrogens with zero attached hydrogens (tertiary/aromatic N) is 1. The van der Waals surface area contributed by atoms with Crippen LogP contribution in [0.5, 0.6) is 0 Å². The lowest BCUT2D eigenvalue weighted by atomic mass is 10.1. The van der Waals surface area contributed by atoms with Crippen LogP contribution in [0.4, 0.5) is 0 Å². The average Bonchev–Trinajstić information content (AvgIpc) is 2.74. The van der Waals surface area contributed by atoms with Gasteiger partial charge in [-0.2, -0.15) is 0 Å². The number of amides is 1. The lowest BCUT2D eigenvalue weighted by Gasteiger charge is -2.22. The van der Waals surface area contributed by atoms with Crippen molar-refractivity contribution in [3.63, 3.8) is 0 Å². The molecule has 0 aromatic heterocycles. The molecule has 0 aliphatic carbocycles. The van der Waals surface area contributed by atoms with Crippen LogP contribution >= 0.6 is 22.6 Å². The summed E-state index contributed by atoms with van der Waals surface area (Å²) < 4.78 is 0.815. The number of aliphatic carboxylic acids is 1. The van der Waals surface area contributed by atoms with Gasteiger partial charge in [0.15, 0.2) is 0 Å². The molecule has 1 aliphatic heterocycles. The van der Waals surface area contributed by atoms with Crippen LogP contribution in [0.25, 0.3) is 0 Å². The normalized spacial score (nSPS) is 22.6. The van der Waals surface area contributed by atoms with Crippen molar-refractivity contribution in [1.29, 1.82) is 0 Å². The fourth-order valence-corrected chi connectivity index (χ4v) is 2.83. The Morgan fingerprint density at radius 3 is 2.74 bits per heavy atom. The highest BCUT2D eigenvalue weighted by atomic mass is 127. The quantitative estimate of drug-likeness (QED) is 0.764. The molecule has 2 atom stereocenters. The second-order valence-corrected chi connectivity index (χ2v) is 5.72. The van der Waals surface area contributed by atoms with E-state index in [1.165, 1.54) is 4.90 Å². The summed E-state index contributed by atoms with van der Waals surface area (Å²) in [7, 11) is 0. The van der Waals surface area contributed by atoms with Crippen LogP contribution in [0.2, 0.25) is 0 Å². The molecule has 1 saturated heterocycles. The number of carbonyl (C=O) groups excluding carboxylic acids is 1. The zero-order chi connectivity index (χ0) is 14.2. The molecule has 0 saturated carbocycles. The maximum Gasteiger partial charge on any atom is 0.326 e. The monoisotopic (exact) mass is 375 g/mol. The molecule has 1 aromatic rings. The summed E-state index contributed by atoms with van der Waals surface area (Å²) >= 11 is 2.08. The summed E-state index contributed by atoms with van der Waals surface area (Å²) in [5, 5.41) is 18.7. The van der Waals surface area contributed by atoms with E-state index in [0.717, 1.165) is 9.13 Å². The molecule has 102 valence electrons. The zero-order valence-electron chi connectivity index (χ0n) is 10.3. The number of aliphatic hydroxyl groups is 1. The van der Waals surface area contributed by atoms with Crippen molar-refractivity contribution in [3.05, 3.63) is 32.9 Å². The van der Waals surface area contributed by atoms with Crippen LogP contribution in [-0.2, 0) is 4.79 Å². The van der Waals surface area contributed by atoms with Crippen molar-refractivity contribution >= 4 is 34.5 Å². The molecule has 2 rings (SSSR count). The first-order valence-corrected chi connectivity index (χ1v) is 6.96. The Balaban J connectivity index is 2.33. The number of rotatable bonds is 2. The van der Waals surface area contributed by atoms with Gasteiger partial charge in [0.05, 0.1) is 11.7 Å². The van der Waals surface area contributed by atoms with E-state index < -0.39 is 18.1 Å². The van der Waals surface area contributed by atoms with Gasteiger partial charge in [0.2, 0.25) is 0 Å². The molecule has 1 aliphatic rings. The van der Waals surface area contributed by atoms with Gasteiger partial charge in [0.25, 0.3) is 5.91 Å². The lowest BCUT2D eigenvalue weighted by Crippen LogP contribution is -2.40. The van der Waals surface area contributed by atoms with E-state index in [-0.39, 0.29) is 18.9 Å². The molecular formula is C13H14INO4. The average molecular weight is 375 g/mol. The molecule has 0 radical (unpaired) electrons. The highest BCUT2D eigenvalue weighted by Crippen LogP contribution is 2.24. The number of halogens is 1. The third-order valence-electron chi connectivity index (χ3n) is 3.25. The Bertz CT molecular complexity index is 531. The minimum absolute atomic E-state index is 0.0693. The second kappa shape index (κ2) is 5.46. The van der Waals surface area contributed by atoms with Crippen LogP contribution in [0.15, 0.2) is 18.2 Å². The molecular weight excluding hydrogens is 361 g/mol. The first kappa shape index (κ1) is 14.3. The van der Waals surface area contributed by atoms with Gasteiger partial charge in [0, 0.05) is 16.5 Å². The van der Waals surface area contributed by atoms with E-state index in [1.807, 2.05) is 13.0 Å². The largest absolute Gasteiger partial charge is 0.480 e. The topological polar surface area (TPSA) is 77.8 Å². The number of aliphatic hydroxyl groups excluding tert-OH is 1. The van der Waals surface area contributed by atoms with Crippen LogP contribution in [0, 0.1) is 10.5 Å². The van der Waals surface area contributed by atoms with Crippen LogP contribution in [0.1, 0.15) is 22.3 Å². The molecule has 6 heteroatoms. The van der Waals surface area contributed by atoms with Crippen molar-refractivity contribution in [2.24, 2.45) is 0 Å². The maximum absolute atomic E-state index is 12.4. The molecule has 5 nitrogen and oxygen atoms in total. The molecule has 1 fully saturated rings. The Hall–Kier alpha value is -1.15. The van der Waals surface area contributed by atoms with Crippen LogP contribution in [-0.4, -0.2) is 45.7 Å². The van der Waals surface area contributed by atoms with E-state index in [2.05, 4.69) is 22.6 Å². The van der Waals surface area contributed by atoms with Gasteiger partial charge in [-0.25, -0.2) is 4.79 Å². The smallest absolute Gasteiger partial charge is 0.326 e. The molecule has 2 N–H and O–H groups in total. The van der Waals surface area contributed by atoms with Gasteiger partial charge in [-0.1, -0.05) is 12.1 Å². The van der Waals surface area contributed by atoms with Gasteiger partial charge in [-0.05, 0) is 41.1 Å².